The van der Waals surface area contributed by atoms with Gasteiger partial charge in [0, 0.05) is 49.7 Å². The number of pyridine rings is 1. The van der Waals surface area contributed by atoms with Crippen LogP contribution in [0.2, 0.25) is 0 Å². The molecule has 3 amide bonds. The van der Waals surface area contributed by atoms with Crippen molar-refractivity contribution in [2.75, 3.05) is 31.5 Å². The van der Waals surface area contributed by atoms with E-state index in [1.54, 1.807) is 21.9 Å². The number of aromatic nitrogens is 1. The van der Waals surface area contributed by atoms with E-state index in [2.05, 4.69) is 5.32 Å². The SMILES string of the molecule is CC(=O)Nc1ccc(-c2cc(C(=O)N3CCN(C(=O)c4ccco4)CC3)c3ccccc3n2)cc1. The number of carbonyl (C=O) groups excluding carboxylic acids is 3. The predicted octanol–water partition coefficient (Wildman–Crippen LogP) is 4.05. The fraction of sp³-hybridized carbons (Fsp3) is 0.185. The summed E-state index contributed by atoms with van der Waals surface area (Å²) < 4.78 is 5.22. The van der Waals surface area contributed by atoms with Crippen molar-refractivity contribution in [3.05, 3.63) is 84.3 Å². The number of nitrogens with zero attached hydrogens (tertiary/aromatic N) is 3. The lowest BCUT2D eigenvalue weighted by molar-refractivity contribution is -0.114. The van der Waals surface area contributed by atoms with Gasteiger partial charge in [0.05, 0.1) is 23.0 Å². The van der Waals surface area contributed by atoms with Crippen molar-refractivity contribution in [2.24, 2.45) is 0 Å². The zero-order chi connectivity index (χ0) is 24.4. The molecule has 0 unspecified atom stereocenters. The highest BCUT2D eigenvalue weighted by Crippen LogP contribution is 2.27. The molecule has 0 radical (unpaired) electrons. The Morgan fingerprint density at radius 2 is 1.54 bits per heavy atom. The number of carbonyl (C=O) groups is 3. The number of fused-ring (bicyclic) bond motifs is 1. The first-order valence-corrected chi connectivity index (χ1v) is 11.4. The molecule has 1 aliphatic rings. The van der Waals surface area contributed by atoms with E-state index in [4.69, 9.17) is 9.40 Å². The minimum atomic E-state index is -0.165. The third kappa shape index (κ3) is 4.63. The van der Waals surface area contributed by atoms with Crippen molar-refractivity contribution < 1.29 is 18.8 Å². The molecule has 8 heteroatoms. The van der Waals surface area contributed by atoms with Gasteiger partial charge in [0.25, 0.3) is 11.8 Å². The van der Waals surface area contributed by atoms with Gasteiger partial charge in [0.2, 0.25) is 5.91 Å². The summed E-state index contributed by atoms with van der Waals surface area (Å²) in [5.74, 6) is -0.0919. The smallest absolute Gasteiger partial charge is 0.289 e. The second-order valence-corrected chi connectivity index (χ2v) is 8.39. The van der Waals surface area contributed by atoms with Crippen LogP contribution in [0.3, 0.4) is 0 Å². The van der Waals surface area contributed by atoms with Gasteiger partial charge in [0.1, 0.15) is 0 Å². The molecule has 1 aliphatic heterocycles. The molecule has 1 fully saturated rings. The van der Waals surface area contributed by atoms with E-state index in [1.807, 2.05) is 54.6 Å². The van der Waals surface area contributed by atoms with E-state index in [1.165, 1.54) is 13.2 Å². The molecule has 0 aliphatic carbocycles. The van der Waals surface area contributed by atoms with Crippen molar-refractivity contribution in [1.82, 2.24) is 14.8 Å². The molecule has 1 saturated heterocycles. The van der Waals surface area contributed by atoms with Gasteiger partial charge in [-0.15, -0.1) is 0 Å². The van der Waals surface area contributed by atoms with Crippen LogP contribution >= 0.6 is 0 Å². The Morgan fingerprint density at radius 3 is 2.20 bits per heavy atom. The van der Waals surface area contributed by atoms with Gasteiger partial charge in [-0.3, -0.25) is 14.4 Å². The summed E-state index contributed by atoms with van der Waals surface area (Å²) in [6.45, 7) is 3.20. The summed E-state index contributed by atoms with van der Waals surface area (Å²) in [6, 6.07) is 20.1. The molecule has 2 aromatic carbocycles. The summed E-state index contributed by atoms with van der Waals surface area (Å²) in [6.07, 6.45) is 1.48. The molecule has 35 heavy (non-hydrogen) atoms. The van der Waals surface area contributed by atoms with Gasteiger partial charge >= 0.3 is 0 Å². The summed E-state index contributed by atoms with van der Waals surface area (Å²) >= 11 is 0. The zero-order valence-corrected chi connectivity index (χ0v) is 19.2. The Labute approximate surface area is 202 Å². The van der Waals surface area contributed by atoms with Gasteiger partial charge in [-0.25, -0.2) is 4.98 Å². The lowest BCUT2D eigenvalue weighted by atomic mass is 10.0. The monoisotopic (exact) mass is 468 g/mol. The van der Waals surface area contributed by atoms with Crippen LogP contribution in [0.25, 0.3) is 22.2 Å². The minimum Gasteiger partial charge on any atom is -0.459 e. The van der Waals surface area contributed by atoms with Crippen LogP contribution in [0.4, 0.5) is 5.69 Å². The predicted molar refractivity (Wildman–Crippen MR) is 132 cm³/mol. The molecule has 0 saturated carbocycles. The maximum atomic E-state index is 13.6. The fourth-order valence-electron chi connectivity index (χ4n) is 4.27. The average molecular weight is 469 g/mol. The zero-order valence-electron chi connectivity index (χ0n) is 19.2. The highest BCUT2D eigenvalue weighted by molar-refractivity contribution is 6.07. The van der Waals surface area contributed by atoms with Crippen molar-refractivity contribution in [3.63, 3.8) is 0 Å². The number of nitrogens with one attached hydrogen (secondary N) is 1. The Balaban J connectivity index is 1.40. The van der Waals surface area contributed by atoms with Crippen LogP contribution < -0.4 is 5.32 Å². The molecule has 0 bridgehead atoms. The number of rotatable bonds is 4. The lowest BCUT2D eigenvalue weighted by Gasteiger charge is -2.34. The van der Waals surface area contributed by atoms with Gasteiger partial charge in [-0.2, -0.15) is 0 Å². The molecule has 0 atom stereocenters. The third-order valence-corrected chi connectivity index (χ3v) is 6.03. The number of amides is 3. The number of para-hydroxylation sites is 1. The maximum absolute atomic E-state index is 13.6. The summed E-state index contributed by atoms with van der Waals surface area (Å²) in [5.41, 5.74) is 3.51. The quantitative estimate of drug-likeness (QED) is 0.488. The highest BCUT2D eigenvalue weighted by Gasteiger charge is 2.27. The van der Waals surface area contributed by atoms with Gasteiger partial charge in [-0.1, -0.05) is 30.3 Å². The average Bonchev–Trinajstić information content (AvgIpc) is 3.42. The van der Waals surface area contributed by atoms with Crippen LogP contribution in [0.15, 0.2) is 77.4 Å². The van der Waals surface area contributed by atoms with Gasteiger partial charge < -0.3 is 19.5 Å². The van der Waals surface area contributed by atoms with Gasteiger partial charge in [0.15, 0.2) is 5.76 Å². The summed E-state index contributed by atoms with van der Waals surface area (Å²) in [5, 5.41) is 3.53. The summed E-state index contributed by atoms with van der Waals surface area (Å²) in [4.78, 5) is 45.7. The van der Waals surface area contributed by atoms with Crippen LogP contribution in [0.1, 0.15) is 27.8 Å². The topological polar surface area (TPSA) is 95.8 Å². The third-order valence-electron chi connectivity index (χ3n) is 6.03. The molecule has 2 aromatic heterocycles. The van der Waals surface area contributed by atoms with Crippen LogP contribution in [-0.4, -0.2) is 58.7 Å². The van der Waals surface area contributed by atoms with Crippen molar-refractivity contribution in [3.8, 4) is 11.3 Å². The van der Waals surface area contributed by atoms with E-state index in [9.17, 15) is 14.4 Å². The van der Waals surface area contributed by atoms with Crippen LogP contribution in [0, 0.1) is 0 Å². The number of hydrogen-bond donors (Lipinski definition) is 1. The van der Waals surface area contributed by atoms with Crippen LogP contribution in [0.5, 0.6) is 0 Å². The van der Waals surface area contributed by atoms with Crippen LogP contribution in [-0.2, 0) is 4.79 Å². The Kier molecular flexibility index (Phi) is 6.01. The second-order valence-electron chi connectivity index (χ2n) is 8.39. The first kappa shape index (κ1) is 22.3. The first-order chi connectivity index (χ1) is 17.0. The van der Waals surface area contributed by atoms with Crippen molar-refractivity contribution in [2.45, 2.75) is 6.92 Å². The fourth-order valence-corrected chi connectivity index (χ4v) is 4.27. The number of hydrogen-bond acceptors (Lipinski definition) is 5. The molecule has 1 N–H and O–H groups in total. The van der Waals surface area contributed by atoms with Crippen molar-refractivity contribution >= 4 is 34.3 Å². The standard InChI is InChI=1S/C27H24N4O4/c1-18(32)28-20-10-8-19(9-11-20)24-17-22(21-5-2-3-6-23(21)29-24)26(33)30-12-14-31(15-13-30)27(34)25-7-4-16-35-25/h2-11,16-17H,12-15H2,1H3,(H,28,32). The Morgan fingerprint density at radius 1 is 0.857 bits per heavy atom. The Hall–Kier alpha value is -4.46. The van der Waals surface area contributed by atoms with Gasteiger partial charge in [-0.05, 0) is 36.4 Å². The number of anilines is 1. The lowest BCUT2D eigenvalue weighted by Crippen LogP contribution is -2.50. The largest absolute Gasteiger partial charge is 0.459 e. The van der Waals surface area contributed by atoms with E-state index < -0.39 is 0 Å². The molecule has 0 spiro atoms. The van der Waals surface area contributed by atoms with E-state index in [0.29, 0.717) is 48.9 Å². The second kappa shape index (κ2) is 9.42. The molecule has 5 rings (SSSR count). The summed E-state index contributed by atoms with van der Waals surface area (Å²) in [7, 11) is 0. The number of piperazine rings is 1. The highest BCUT2D eigenvalue weighted by atomic mass is 16.3. The van der Waals surface area contributed by atoms with E-state index in [-0.39, 0.29) is 17.7 Å². The molecular weight excluding hydrogens is 444 g/mol. The number of furan rings is 1. The van der Waals surface area contributed by atoms with E-state index >= 15 is 0 Å². The maximum Gasteiger partial charge on any atom is 0.289 e. The van der Waals surface area contributed by atoms with E-state index in [0.717, 1.165) is 16.5 Å². The normalized spacial score (nSPS) is 13.6. The molecule has 3 heterocycles. The minimum absolute atomic E-state index is 0.0928. The Bertz CT molecular complexity index is 1390. The molecule has 176 valence electrons. The molecular formula is C27H24N4O4. The molecule has 8 nitrogen and oxygen atoms in total. The van der Waals surface area contributed by atoms with Crippen molar-refractivity contribution in [1.29, 1.82) is 0 Å². The molecule has 4 aromatic rings. The first-order valence-electron chi connectivity index (χ1n) is 11.4. The number of benzene rings is 2.